The maximum Gasteiger partial charge on any atom is -0.00805 e. The van der Waals surface area contributed by atoms with E-state index < -0.39 is 0 Å². The van der Waals surface area contributed by atoms with Gasteiger partial charge < -0.3 is 0 Å². The summed E-state index contributed by atoms with van der Waals surface area (Å²) in [5.41, 5.74) is 0.495. The van der Waals surface area contributed by atoms with Crippen LogP contribution in [0.4, 0.5) is 0 Å². The molecule has 0 heteroatoms. The largest absolute Gasteiger partial charge is 0.0837 e. The standard InChI is InChI=1S/C30H56/c1-3-5-7-9-11-13-15-17-19-22-26-30(28-24-21-25-29-30)27-23-20-18-16-14-12-10-8-6-4-2/h21,24-25,28H,3-20,22-23,26-27,29H2,1-2H3. The van der Waals surface area contributed by atoms with E-state index in [9.17, 15) is 0 Å². The maximum atomic E-state index is 2.56. The SMILES string of the molecule is CCCCCCCCCCCCC1(CCCCCCCCCCCC)C=CC=CC1. The fraction of sp³-hybridized carbons (Fsp3) is 0.867. The molecule has 0 aromatic rings. The molecule has 0 aromatic heterocycles. The molecule has 0 atom stereocenters. The first-order valence-electron chi connectivity index (χ1n) is 14.2. The predicted molar refractivity (Wildman–Crippen MR) is 138 cm³/mol. The van der Waals surface area contributed by atoms with Crippen LogP contribution in [0.15, 0.2) is 24.3 Å². The molecule has 1 aliphatic rings. The van der Waals surface area contributed by atoms with Gasteiger partial charge in [0.25, 0.3) is 0 Å². The van der Waals surface area contributed by atoms with E-state index in [-0.39, 0.29) is 0 Å². The van der Waals surface area contributed by atoms with Crippen LogP contribution >= 0.6 is 0 Å². The average Bonchev–Trinajstić information content (AvgIpc) is 2.77. The zero-order valence-electron chi connectivity index (χ0n) is 21.1. The molecule has 0 unspecified atom stereocenters. The maximum absolute atomic E-state index is 2.56. The topological polar surface area (TPSA) is 0 Å². The summed E-state index contributed by atoms with van der Waals surface area (Å²) in [6.07, 6.45) is 42.6. The van der Waals surface area contributed by atoms with Crippen molar-refractivity contribution in [1.82, 2.24) is 0 Å². The van der Waals surface area contributed by atoms with Crippen molar-refractivity contribution in [2.75, 3.05) is 0 Å². The van der Waals surface area contributed by atoms with Gasteiger partial charge in [0.15, 0.2) is 0 Å². The highest BCUT2D eigenvalue weighted by molar-refractivity contribution is 5.16. The molecule has 0 radical (unpaired) electrons. The second kappa shape index (κ2) is 20.4. The third-order valence-electron chi connectivity index (χ3n) is 7.28. The molecule has 1 rings (SSSR count). The number of hydrogen-bond donors (Lipinski definition) is 0. The molecule has 1 aliphatic carbocycles. The van der Waals surface area contributed by atoms with Crippen LogP contribution in [0.5, 0.6) is 0 Å². The van der Waals surface area contributed by atoms with Gasteiger partial charge in [-0.2, -0.15) is 0 Å². The second-order valence-electron chi connectivity index (χ2n) is 10.2. The van der Waals surface area contributed by atoms with Crippen molar-refractivity contribution in [3.8, 4) is 0 Å². The molecule has 0 heterocycles. The minimum atomic E-state index is 0.495. The predicted octanol–water partition coefficient (Wildman–Crippen LogP) is 11.1. The van der Waals surface area contributed by atoms with E-state index in [1.165, 1.54) is 148 Å². The van der Waals surface area contributed by atoms with Gasteiger partial charge in [0.2, 0.25) is 0 Å². The molecule has 176 valence electrons. The van der Waals surface area contributed by atoms with E-state index in [0.29, 0.717) is 5.41 Å². The molecule has 0 spiro atoms. The quantitative estimate of drug-likeness (QED) is 0.154. The van der Waals surface area contributed by atoms with Gasteiger partial charge >= 0.3 is 0 Å². The van der Waals surface area contributed by atoms with Gasteiger partial charge in [-0.1, -0.05) is 167 Å². The molecule has 0 saturated heterocycles. The molecule has 0 aliphatic heterocycles. The van der Waals surface area contributed by atoms with Crippen LogP contribution in [0.1, 0.15) is 162 Å². The van der Waals surface area contributed by atoms with Gasteiger partial charge in [-0.25, -0.2) is 0 Å². The van der Waals surface area contributed by atoms with Crippen LogP contribution in [0.25, 0.3) is 0 Å². The summed E-state index contributed by atoms with van der Waals surface area (Å²) in [4.78, 5) is 0. The van der Waals surface area contributed by atoms with Crippen molar-refractivity contribution in [3.63, 3.8) is 0 Å². The molecule has 0 saturated carbocycles. The number of unbranched alkanes of at least 4 members (excludes halogenated alkanes) is 18. The molecule has 0 N–H and O–H groups in total. The molecule has 0 aromatic carbocycles. The summed E-state index contributed by atoms with van der Waals surface area (Å²) >= 11 is 0. The lowest BCUT2D eigenvalue weighted by Gasteiger charge is -2.31. The molecule has 0 bridgehead atoms. The lowest BCUT2D eigenvalue weighted by Crippen LogP contribution is -2.18. The van der Waals surface area contributed by atoms with Crippen LogP contribution in [0, 0.1) is 5.41 Å². The van der Waals surface area contributed by atoms with Gasteiger partial charge in [0, 0.05) is 0 Å². The van der Waals surface area contributed by atoms with Crippen LogP contribution in [0.2, 0.25) is 0 Å². The van der Waals surface area contributed by atoms with E-state index in [1.54, 1.807) is 0 Å². The van der Waals surface area contributed by atoms with Gasteiger partial charge in [-0.15, -0.1) is 0 Å². The minimum Gasteiger partial charge on any atom is -0.0837 e. The molecule has 30 heavy (non-hydrogen) atoms. The summed E-state index contributed by atoms with van der Waals surface area (Å²) < 4.78 is 0. The Morgan fingerprint density at radius 2 is 0.833 bits per heavy atom. The van der Waals surface area contributed by atoms with Crippen LogP contribution in [-0.2, 0) is 0 Å². The number of rotatable bonds is 22. The molecule has 0 nitrogen and oxygen atoms in total. The van der Waals surface area contributed by atoms with Crippen LogP contribution in [-0.4, -0.2) is 0 Å². The van der Waals surface area contributed by atoms with Gasteiger partial charge in [-0.3, -0.25) is 0 Å². The Balaban J connectivity index is 2.04. The Morgan fingerprint density at radius 3 is 1.17 bits per heavy atom. The third kappa shape index (κ3) is 15.3. The van der Waals surface area contributed by atoms with E-state index in [1.807, 2.05) is 0 Å². The molecular formula is C30H56. The lowest BCUT2D eigenvalue weighted by molar-refractivity contribution is 0.296. The first-order valence-corrected chi connectivity index (χ1v) is 14.2. The summed E-state index contributed by atoms with van der Waals surface area (Å²) in [7, 11) is 0. The first-order chi connectivity index (χ1) is 14.8. The molecule has 0 fully saturated rings. The van der Waals surface area contributed by atoms with Gasteiger partial charge in [-0.05, 0) is 24.7 Å². The van der Waals surface area contributed by atoms with Crippen LogP contribution in [0.3, 0.4) is 0 Å². The smallest absolute Gasteiger partial charge is 0.00805 e. The summed E-state index contributed by atoms with van der Waals surface area (Å²) in [6.45, 7) is 4.61. The lowest BCUT2D eigenvalue weighted by atomic mass is 9.73. The highest BCUT2D eigenvalue weighted by Gasteiger charge is 2.25. The Kier molecular flexibility index (Phi) is 18.7. The van der Waals surface area contributed by atoms with Crippen molar-refractivity contribution in [3.05, 3.63) is 24.3 Å². The summed E-state index contributed by atoms with van der Waals surface area (Å²) in [5.74, 6) is 0. The zero-order valence-corrected chi connectivity index (χ0v) is 21.1. The number of hydrogen-bond acceptors (Lipinski definition) is 0. The Bertz CT molecular complexity index is 378. The third-order valence-corrected chi connectivity index (χ3v) is 7.28. The zero-order chi connectivity index (χ0) is 21.6. The number of allylic oxidation sites excluding steroid dienone is 4. The van der Waals surface area contributed by atoms with Crippen molar-refractivity contribution in [2.24, 2.45) is 5.41 Å². The molecule has 0 amide bonds. The fourth-order valence-electron chi connectivity index (χ4n) is 5.13. The van der Waals surface area contributed by atoms with E-state index in [0.717, 1.165) is 0 Å². The van der Waals surface area contributed by atoms with Gasteiger partial charge in [0.05, 0.1) is 0 Å². The van der Waals surface area contributed by atoms with E-state index >= 15 is 0 Å². The van der Waals surface area contributed by atoms with Crippen molar-refractivity contribution in [1.29, 1.82) is 0 Å². The fourth-order valence-corrected chi connectivity index (χ4v) is 5.13. The van der Waals surface area contributed by atoms with E-state index in [4.69, 9.17) is 0 Å². The Morgan fingerprint density at radius 1 is 0.467 bits per heavy atom. The summed E-state index contributed by atoms with van der Waals surface area (Å²) in [5, 5.41) is 0. The average molecular weight is 417 g/mol. The highest BCUT2D eigenvalue weighted by atomic mass is 14.3. The minimum absolute atomic E-state index is 0.495. The van der Waals surface area contributed by atoms with Crippen LogP contribution < -0.4 is 0 Å². The monoisotopic (exact) mass is 416 g/mol. The summed E-state index contributed by atoms with van der Waals surface area (Å²) in [6, 6.07) is 0. The van der Waals surface area contributed by atoms with Gasteiger partial charge in [0.1, 0.15) is 0 Å². The normalized spacial score (nSPS) is 15.1. The first kappa shape index (κ1) is 27.5. The van der Waals surface area contributed by atoms with Crippen molar-refractivity contribution < 1.29 is 0 Å². The van der Waals surface area contributed by atoms with E-state index in [2.05, 4.69) is 38.2 Å². The van der Waals surface area contributed by atoms with Crippen molar-refractivity contribution >= 4 is 0 Å². The Hall–Kier alpha value is -0.520. The second-order valence-corrected chi connectivity index (χ2v) is 10.2. The highest BCUT2D eigenvalue weighted by Crippen LogP contribution is 2.39. The van der Waals surface area contributed by atoms with Crippen molar-refractivity contribution in [2.45, 2.75) is 162 Å². The molecular weight excluding hydrogens is 360 g/mol. The Labute approximate surface area is 191 Å².